The molecule has 1 aromatic rings. The summed E-state index contributed by atoms with van der Waals surface area (Å²) in [6.07, 6.45) is 6.15. The number of carboxylic acid groups (broad SMARTS) is 1. The van der Waals surface area contributed by atoms with E-state index in [0.717, 1.165) is 18.5 Å². The van der Waals surface area contributed by atoms with Gasteiger partial charge in [0.1, 0.15) is 0 Å². The molecule has 2 bridgehead atoms. The number of carbonyl (C=O) groups excluding carboxylic acids is 1. The average Bonchev–Trinajstić information content (AvgIpc) is 3.37. The Labute approximate surface area is 135 Å². The number of amides is 1. The Kier molecular flexibility index (Phi) is 3.29. The van der Waals surface area contributed by atoms with Gasteiger partial charge in [0.2, 0.25) is 5.91 Å². The number of aryl methyl sites for hydroxylation is 1. The first-order chi connectivity index (χ1) is 11.1. The highest BCUT2D eigenvalue weighted by atomic mass is 16.4. The monoisotopic (exact) mass is 311 g/mol. The van der Waals surface area contributed by atoms with Crippen LogP contribution in [0.1, 0.15) is 18.9 Å². The van der Waals surface area contributed by atoms with Crippen molar-refractivity contribution < 1.29 is 14.7 Å². The molecule has 23 heavy (non-hydrogen) atoms. The maximum atomic E-state index is 12.8. The molecule has 0 heterocycles. The fourth-order valence-corrected chi connectivity index (χ4v) is 4.62. The van der Waals surface area contributed by atoms with Crippen LogP contribution < -0.4 is 5.32 Å². The molecule has 0 aromatic heterocycles. The molecular weight excluding hydrogens is 290 g/mol. The van der Waals surface area contributed by atoms with Crippen LogP contribution in [0.25, 0.3) is 0 Å². The van der Waals surface area contributed by atoms with E-state index in [2.05, 4.69) is 18.3 Å². The van der Waals surface area contributed by atoms with Crippen molar-refractivity contribution in [3.63, 3.8) is 0 Å². The van der Waals surface area contributed by atoms with Crippen LogP contribution >= 0.6 is 0 Å². The second-order valence-electron chi connectivity index (χ2n) is 7.03. The topological polar surface area (TPSA) is 66.4 Å². The predicted octanol–water partition coefficient (Wildman–Crippen LogP) is 2.96. The summed E-state index contributed by atoms with van der Waals surface area (Å²) in [6, 6.07) is 7.77. The van der Waals surface area contributed by atoms with Gasteiger partial charge in [-0.2, -0.15) is 0 Å². The summed E-state index contributed by atoms with van der Waals surface area (Å²) in [5.41, 5.74) is 1.96. The zero-order valence-corrected chi connectivity index (χ0v) is 13.1. The van der Waals surface area contributed by atoms with E-state index in [1.165, 1.54) is 5.56 Å². The Bertz CT molecular complexity index is 678. The molecule has 2 saturated carbocycles. The number of fused-ring (bicyclic) bond motifs is 1. The maximum Gasteiger partial charge on any atom is 0.307 e. The van der Waals surface area contributed by atoms with E-state index < -0.39 is 17.8 Å². The van der Waals surface area contributed by atoms with E-state index in [1.54, 1.807) is 0 Å². The number of rotatable bonds is 4. The van der Waals surface area contributed by atoms with Gasteiger partial charge in [-0.25, -0.2) is 0 Å². The Balaban J connectivity index is 1.56. The molecule has 4 aliphatic carbocycles. The van der Waals surface area contributed by atoms with Crippen LogP contribution in [0.15, 0.2) is 36.4 Å². The number of hydrogen-bond acceptors (Lipinski definition) is 2. The van der Waals surface area contributed by atoms with Gasteiger partial charge in [-0.05, 0) is 54.2 Å². The van der Waals surface area contributed by atoms with Crippen LogP contribution in [-0.2, 0) is 16.0 Å². The second kappa shape index (κ2) is 5.22. The summed E-state index contributed by atoms with van der Waals surface area (Å²) in [5.74, 6) is -0.900. The number of benzene rings is 1. The zero-order chi connectivity index (χ0) is 16.1. The molecule has 2 fully saturated rings. The number of carbonyl (C=O) groups is 2. The number of hydrogen-bond donors (Lipinski definition) is 2. The third-order valence-corrected chi connectivity index (χ3v) is 5.87. The lowest BCUT2D eigenvalue weighted by Gasteiger charge is -2.41. The fraction of sp³-hybridized carbons (Fsp3) is 0.474. The zero-order valence-electron chi connectivity index (χ0n) is 13.1. The molecule has 1 aromatic carbocycles. The van der Waals surface area contributed by atoms with Crippen molar-refractivity contribution in [3.8, 4) is 0 Å². The van der Waals surface area contributed by atoms with E-state index in [9.17, 15) is 14.7 Å². The van der Waals surface area contributed by atoms with Crippen LogP contribution in [0, 0.1) is 35.5 Å². The molecule has 0 radical (unpaired) electrons. The van der Waals surface area contributed by atoms with Crippen molar-refractivity contribution in [1.29, 1.82) is 0 Å². The molecule has 6 atom stereocenters. The van der Waals surface area contributed by atoms with Crippen molar-refractivity contribution in [3.05, 3.63) is 42.0 Å². The molecule has 0 aliphatic heterocycles. The number of allylic oxidation sites excluding steroid dienone is 2. The first-order valence-electron chi connectivity index (χ1n) is 8.41. The van der Waals surface area contributed by atoms with E-state index >= 15 is 0 Å². The molecule has 4 heteroatoms. The highest BCUT2D eigenvalue weighted by Gasteiger charge is 2.62. The minimum atomic E-state index is -0.837. The number of aliphatic carboxylic acids is 1. The van der Waals surface area contributed by atoms with Crippen molar-refractivity contribution in [1.82, 2.24) is 0 Å². The first kappa shape index (κ1) is 14.5. The van der Waals surface area contributed by atoms with Gasteiger partial charge in [-0.15, -0.1) is 0 Å². The normalized spacial score (nSPS) is 36.4. The molecule has 4 nitrogen and oxygen atoms in total. The summed E-state index contributed by atoms with van der Waals surface area (Å²) in [4.78, 5) is 24.5. The van der Waals surface area contributed by atoms with Gasteiger partial charge in [0.15, 0.2) is 0 Å². The second-order valence-corrected chi connectivity index (χ2v) is 7.03. The minimum Gasteiger partial charge on any atom is -0.481 e. The van der Waals surface area contributed by atoms with Crippen LogP contribution in [0.4, 0.5) is 5.69 Å². The summed E-state index contributed by atoms with van der Waals surface area (Å²) >= 11 is 0. The van der Waals surface area contributed by atoms with Crippen molar-refractivity contribution >= 4 is 17.6 Å². The van der Waals surface area contributed by atoms with Gasteiger partial charge < -0.3 is 10.4 Å². The largest absolute Gasteiger partial charge is 0.481 e. The summed E-state index contributed by atoms with van der Waals surface area (Å²) in [7, 11) is 0. The molecule has 1 amide bonds. The van der Waals surface area contributed by atoms with Crippen LogP contribution in [-0.4, -0.2) is 17.0 Å². The lowest BCUT2D eigenvalue weighted by Crippen LogP contribution is -2.48. The van der Waals surface area contributed by atoms with E-state index in [1.807, 2.05) is 30.3 Å². The van der Waals surface area contributed by atoms with Gasteiger partial charge >= 0.3 is 5.97 Å². The SMILES string of the molecule is CCc1ccc(NC(=O)[C@@H]2[C@H]3C=C[C@H]([C@H]4C[C@H]34)[C@@H]2C(=O)O)cc1. The highest BCUT2D eigenvalue weighted by Crippen LogP contribution is 2.63. The molecule has 0 saturated heterocycles. The average molecular weight is 311 g/mol. The van der Waals surface area contributed by atoms with Crippen molar-refractivity contribution in [2.45, 2.75) is 19.8 Å². The van der Waals surface area contributed by atoms with E-state index in [-0.39, 0.29) is 17.7 Å². The molecular formula is C19H21NO3. The third kappa shape index (κ3) is 2.28. The lowest BCUT2D eigenvalue weighted by molar-refractivity contribution is -0.152. The van der Waals surface area contributed by atoms with Gasteiger partial charge in [0.05, 0.1) is 11.8 Å². The highest BCUT2D eigenvalue weighted by molar-refractivity contribution is 5.96. The Morgan fingerprint density at radius 1 is 1.09 bits per heavy atom. The van der Waals surface area contributed by atoms with Crippen molar-refractivity contribution in [2.24, 2.45) is 35.5 Å². The standard InChI is InChI=1S/C19H21NO3/c1-2-10-3-5-11(6-4-10)20-18(21)16-12-7-8-13(15-9-14(12)15)17(16)19(22)23/h3-8,12-17H,2,9H2,1H3,(H,20,21)(H,22,23)/t12-,13+,14+,15+,16+,17-/m0/s1. The van der Waals surface area contributed by atoms with Crippen LogP contribution in [0.3, 0.4) is 0 Å². The van der Waals surface area contributed by atoms with Gasteiger partial charge in [0.25, 0.3) is 0 Å². The summed E-state index contributed by atoms with van der Waals surface area (Å²) in [5, 5.41) is 12.6. The third-order valence-electron chi connectivity index (χ3n) is 5.87. The quantitative estimate of drug-likeness (QED) is 0.840. The lowest BCUT2D eigenvalue weighted by atomic mass is 9.62. The predicted molar refractivity (Wildman–Crippen MR) is 86.8 cm³/mol. The first-order valence-corrected chi connectivity index (χ1v) is 8.41. The van der Waals surface area contributed by atoms with E-state index in [0.29, 0.717) is 11.8 Å². The van der Waals surface area contributed by atoms with Gasteiger partial charge in [-0.3, -0.25) is 9.59 Å². The molecule has 4 aliphatic rings. The Morgan fingerprint density at radius 3 is 2.26 bits per heavy atom. The molecule has 0 spiro atoms. The van der Waals surface area contributed by atoms with E-state index in [4.69, 9.17) is 0 Å². The van der Waals surface area contributed by atoms with Crippen LogP contribution in [0.2, 0.25) is 0 Å². The van der Waals surface area contributed by atoms with Crippen molar-refractivity contribution in [2.75, 3.05) is 5.32 Å². The Hall–Kier alpha value is -2.10. The summed E-state index contributed by atoms with van der Waals surface area (Å²) in [6.45, 7) is 2.09. The van der Waals surface area contributed by atoms with Gasteiger partial charge in [0, 0.05) is 5.69 Å². The Morgan fingerprint density at radius 2 is 1.70 bits per heavy atom. The maximum absolute atomic E-state index is 12.8. The number of nitrogens with one attached hydrogen (secondary N) is 1. The molecule has 0 unspecified atom stereocenters. The minimum absolute atomic E-state index is 0.0284. The van der Waals surface area contributed by atoms with Gasteiger partial charge in [-0.1, -0.05) is 31.2 Å². The summed E-state index contributed by atoms with van der Waals surface area (Å²) < 4.78 is 0. The number of anilines is 1. The number of carboxylic acids is 1. The van der Waals surface area contributed by atoms with Crippen LogP contribution in [0.5, 0.6) is 0 Å². The molecule has 5 rings (SSSR count). The molecule has 2 N–H and O–H groups in total. The fourth-order valence-electron chi connectivity index (χ4n) is 4.62. The smallest absolute Gasteiger partial charge is 0.307 e. The molecule has 120 valence electrons.